The third-order valence-electron chi connectivity index (χ3n) is 7.15. The van der Waals surface area contributed by atoms with Gasteiger partial charge in [-0.05, 0) is 94.5 Å². The van der Waals surface area contributed by atoms with Gasteiger partial charge < -0.3 is 10.2 Å². The van der Waals surface area contributed by atoms with Crippen molar-refractivity contribution in [3.05, 3.63) is 94.5 Å². The molecule has 40 heavy (non-hydrogen) atoms. The van der Waals surface area contributed by atoms with Gasteiger partial charge in [-0.25, -0.2) is 8.42 Å². The van der Waals surface area contributed by atoms with Crippen LogP contribution in [0.15, 0.2) is 71.6 Å². The maximum absolute atomic E-state index is 14.1. The molecule has 0 heterocycles. The van der Waals surface area contributed by atoms with E-state index >= 15 is 0 Å². The second-order valence-corrected chi connectivity index (χ2v) is 12.5. The van der Waals surface area contributed by atoms with E-state index in [0.717, 1.165) is 38.5 Å². The lowest BCUT2D eigenvalue weighted by Gasteiger charge is -2.33. The van der Waals surface area contributed by atoms with Crippen LogP contribution in [0.25, 0.3) is 0 Å². The molecule has 3 rings (SSSR count). The Bertz CT molecular complexity index is 1430. The molecule has 2 amide bonds. The Labute approximate surface area is 239 Å². The van der Waals surface area contributed by atoms with Gasteiger partial charge in [-0.15, -0.1) is 0 Å². The summed E-state index contributed by atoms with van der Waals surface area (Å²) < 4.78 is 29.2. The van der Waals surface area contributed by atoms with E-state index in [-0.39, 0.29) is 23.4 Å². The van der Waals surface area contributed by atoms with E-state index in [0.29, 0.717) is 5.69 Å². The largest absolute Gasteiger partial charge is 0.352 e. The fraction of sp³-hybridized carbons (Fsp3) is 0.375. The number of carbonyl (C=O) groups excluding carboxylic acids is 2. The molecule has 0 aliphatic carbocycles. The number of aryl methyl sites for hydroxylation is 4. The van der Waals surface area contributed by atoms with Crippen LogP contribution in [0.3, 0.4) is 0 Å². The zero-order valence-electron chi connectivity index (χ0n) is 24.6. The molecule has 8 heteroatoms. The van der Waals surface area contributed by atoms with E-state index < -0.39 is 28.5 Å². The van der Waals surface area contributed by atoms with Gasteiger partial charge in [-0.3, -0.25) is 13.9 Å². The number of carbonyl (C=O) groups is 2. The number of rotatable bonds is 11. The zero-order chi connectivity index (χ0) is 29.6. The molecule has 0 saturated carbocycles. The van der Waals surface area contributed by atoms with Crippen LogP contribution in [0.2, 0.25) is 0 Å². The van der Waals surface area contributed by atoms with E-state index in [1.165, 1.54) is 4.90 Å². The number of amides is 2. The van der Waals surface area contributed by atoms with Crippen molar-refractivity contribution in [2.24, 2.45) is 0 Å². The molecular weight excluding hydrogens is 522 g/mol. The minimum absolute atomic E-state index is 0.0564. The van der Waals surface area contributed by atoms with E-state index in [1.54, 1.807) is 43.3 Å². The van der Waals surface area contributed by atoms with Crippen LogP contribution >= 0.6 is 0 Å². The third-order valence-corrected chi connectivity index (χ3v) is 8.94. The van der Waals surface area contributed by atoms with E-state index in [1.807, 2.05) is 71.9 Å². The van der Waals surface area contributed by atoms with Crippen LogP contribution in [0, 0.1) is 27.7 Å². The predicted molar refractivity (Wildman–Crippen MR) is 161 cm³/mol. The molecule has 0 aliphatic rings. The van der Waals surface area contributed by atoms with Gasteiger partial charge in [-0.1, -0.05) is 55.0 Å². The Morgan fingerprint density at radius 3 is 2.02 bits per heavy atom. The summed E-state index contributed by atoms with van der Waals surface area (Å²) in [5, 5.41) is 2.96. The van der Waals surface area contributed by atoms with Crippen LogP contribution in [0.1, 0.15) is 55.0 Å². The van der Waals surface area contributed by atoms with E-state index in [9.17, 15) is 18.0 Å². The number of sulfonamides is 1. The fourth-order valence-electron chi connectivity index (χ4n) is 4.48. The maximum Gasteiger partial charge on any atom is 0.264 e. The molecule has 0 unspecified atom stereocenters. The normalized spacial score (nSPS) is 12.9. The molecule has 3 aromatic carbocycles. The van der Waals surface area contributed by atoms with Crippen LogP contribution in [0.4, 0.5) is 5.69 Å². The van der Waals surface area contributed by atoms with Crippen molar-refractivity contribution in [3.63, 3.8) is 0 Å². The second-order valence-electron chi connectivity index (χ2n) is 10.6. The highest BCUT2D eigenvalue weighted by Gasteiger charge is 2.33. The van der Waals surface area contributed by atoms with Gasteiger partial charge in [-0.2, -0.15) is 0 Å². The lowest BCUT2D eigenvalue weighted by atomic mass is 10.1. The number of nitrogens with zero attached hydrogens (tertiary/aromatic N) is 2. The highest BCUT2D eigenvalue weighted by molar-refractivity contribution is 7.92. The van der Waals surface area contributed by atoms with Crippen molar-refractivity contribution in [2.45, 2.75) is 78.4 Å². The number of anilines is 1. The molecular formula is C32H41N3O4S. The topological polar surface area (TPSA) is 86.8 Å². The predicted octanol–water partition coefficient (Wildman–Crippen LogP) is 5.45. The molecule has 0 bridgehead atoms. The standard InChI is InChI=1S/C32H41N3O4S/c1-8-26(6)33-32(37)27(7)34(20-28-12-10-9-11-25(28)5)31(36)21-35(29-18-23(3)17-24(4)19-29)40(38,39)30-15-13-22(2)14-16-30/h9-19,26-27H,8,20-21H2,1-7H3,(H,33,37)/t26-,27+/m1/s1. The minimum Gasteiger partial charge on any atom is -0.352 e. The first kappa shape index (κ1) is 30.9. The van der Waals surface area contributed by atoms with Gasteiger partial charge in [0.2, 0.25) is 11.8 Å². The second kappa shape index (κ2) is 13.1. The first-order chi connectivity index (χ1) is 18.8. The molecule has 0 spiro atoms. The summed E-state index contributed by atoms with van der Waals surface area (Å²) >= 11 is 0. The molecule has 0 aliphatic heterocycles. The van der Waals surface area contributed by atoms with Crippen molar-refractivity contribution in [1.29, 1.82) is 0 Å². The molecule has 0 fully saturated rings. The molecule has 2 atom stereocenters. The Hall–Kier alpha value is -3.65. The highest BCUT2D eigenvalue weighted by Crippen LogP contribution is 2.27. The summed E-state index contributed by atoms with van der Waals surface area (Å²) in [6.45, 7) is 12.9. The summed E-state index contributed by atoms with van der Waals surface area (Å²) in [5.74, 6) is -0.750. The Morgan fingerprint density at radius 1 is 0.850 bits per heavy atom. The third kappa shape index (κ3) is 7.50. The summed E-state index contributed by atoms with van der Waals surface area (Å²) in [6.07, 6.45) is 0.749. The average Bonchev–Trinajstić information content (AvgIpc) is 2.90. The van der Waals surface area contributed by atoms with Gasteiger partial charge in [0.1, 0.15) is 12.6 Å². The van der Waals surface area contributed by atoms with Crippen LogP contribution in [-0.4, -0.2) is 43.8 Å². The molecule has 0 saturated heterocycles. The van der Waals surface area contributed by atoms with Crippen molar-refractivity contribution < 1.29 is 18.0 Å². The molecule has 214 valence electrons. The van der Waals surface area contributed by atoms with Gasteiger partial charge in [0, 0.05) is 12.6 Å². The molecule has 0 aromatic heterocycles. The average molecular weight is 564 g/mol. The van der Waals surface area contributed by atoms with Crippen molar-refractivity contribution >= 4 is 27.5 Å². The first-order valence-corrected chi connectivity index (χ1v) is 15.1. The maximum atomic E-state index is 14.1. The lowest BCUT2D eigenvalue weighted by Crippen LogP contribution is -2.52. The van der Waals surface area contributed by atoms with Gasteiger partial charge in [0.15, 0.2) is 0 Å². The Balaban J connectivity index is 2.07. The lowest BCUT2D eigenvalue weighted by molar-refractivity contribution is -0.139. The van der Waals surface area contributed by atoms with Crippen LogP contribution in [0.5, 0.6) is 0 Å². The fourth-order valence-corrected chi connectivity index (χ4v) is 5.88. The van der Waals surface area contributed by atoms with Gasteiger partial charge in [0.25, 0.3) is 10.0 Å². The summed E-state index contributed by atoms with van der Waals surface area (Å²) in [4.78, 5) is 28.8. The summed E-state index contributed by atoms with van der Waals surface area (Å²) in [6, 6.07) is 18.9. The number of hydrogen-bond acceptors (Lipinski definition) is 4. The summed E-state index contributed by atoms with van der Waals surface area (Å²) in [7, 11) is -4.10. The Morgan fingerprint density at radius 2 is 1.45 bits per heavy atom. The molecule has 0 radical (unpaired) electrons. The molecule has 1 N–H and O–H groups in total. The smallest absolute Gasteiger partial charge is 0.264 e. The minimum atomic E-state index is -4.10. The van der Waals surface area contributed by atoms with Crippen molar-refractivity contribution in [1.82, 2.24) is 10.2 Å². The van der Waals surface area contributed by atoms with E-state index in [4.69, 9.17) is 0 Å². The monoisotopic (exact) mass is 563 g/mol. The van der Waals surface area contributed by atoms with E-state index in [2.05, 4.69) is 5.32 Å². The molecule has 7 nitrogen and oxygen atoms in total. The summed E-state index contributed by atoms with van der Waals surface area (Å²) in [5.41, 5.74) is 4.96. The van der Waals surface area contributed by atoms with Crippen LogP contribution < -0.4 is 9.62 Å². The first-order valence-electron chi connectivity index (χ1n) is 13.7. The quantitative estimate of drug-likeness (QED) is 0.336. The molecule has 3 aromatic rings. The highest BCUT2D eigenvalue weighted by atomic mass is 32.2. The van der Waals surface area contributed by atoms with Gasteiger partial charge >= 0.3 is 0 Å². The van der Waals surface area contributed by atoms with Crippen molar-refractivity contribution in [2.75, 3.05) is 10.8 Å². The number of nitrogens with one attached hydrogen (secondary N) is 1. The Kier molecular flexibility index (Phi) is 10.1. The van der Waals surface area contributed by atoms with Crippen molar-refractivity contribution in [3.8, 4) is 0 Å². The van der Waals surface area contributed by atoms with Crippen LogP contribution in [-0.2, 0) is 26.2 Å². The number of hydrogen-bond donors (Lipinski definition) is 1. The number of benzene rings is 3. The zero-order valence-corrected chi connectivity index (χ0v) is 25.4. The van der Waals surface area contributed by atoms with Gasteiger partial charge in [0.05, 0.1) is 10.6 Å². The SMILES string of the molecule is CC[C@@H](C)NC(=O)[C@H](C)N(Cc1ccccc1C)C(=O)CN(c1cc(C)cc(C)c1)S(=O)(=O)c1ccc(C)cc1.